The van der Waals surface area contributed by atoms with Crippen LogP contribution in [-0.2, 0) is 10.3 Å². The number of amides is 3. The number of nitrogens with one attached hydrogen (secondary N) is 1. The molecule has 0 radical (unpaired) electrons. The first-order valence-corrected chi connectivity index (χ1v) is 7.69. The molecule has 3 rings (SSSR count). The summed E-state index contributed by atoms with van der Waals surface area (Å²) in [4.78, 5) is 38.3. The first kappa shape index (κ1) is 16.4. The number of rotatable bonds is 4. The van der Waals surface area contributed by atoms with Gasteiger partial charge in [0.05, 0.1) is 18.2 Å². The smallest absolute Gasteiger partial charge is 0.319 e. The predicted molar refractivity (Wildman–Crippen MR) is 89.5 cm³/mol. The third-order valence-electron chi connectivity index (χ3n) is 4.26. The number of nitrogens with zero attached hydrogens (tertiary/aromatic N) is 2. The average Bonchev–Trinajstić information content (AvgIpc) is 2.86. The Kier molecular flexibility index (Phi) is 4.07. The van der Waals surface area contributed by atoms with Crippen molar-refractivity contribution in [2.45, 2.75) is 12.5 Å². The molecule has 0 aromatic heterocycles. The van der Waals surface area contributed by atoms with Crippen LogP contribution in [0.3, 0.4) is 0 Å². The molecule has 1 N–H and O–H groups in total. The van der Waals surface area contributed by atoms with E-state index >= 15 is 0 Å². The molecule has 2 aromatic carbocycles. The molecule has 0 unspecified atom stereocenters. The lowest BCUT2D eigenvalue weighted by Crippen LogP contribution is -2.41. The summed E-state index contributed by atoms with van der Waals surface area (Å²) < 4.78 is 0. The first-order chi connectivity index (χ1) is 12.0. The lowest BCUT2D eigenvalue weighted by Gasteiger charge is -2.22. The highest BCUT2D eigenvalue weighted by Gasteiger charge is 2.49. The highest BCUT2D eigenvalue weighted by Crippen LogP contribution is 2.29. The molecule has 6 nitrogen and oxygen atoms in total. The number of carbonyl (C=O) groups is 3. The van der Waals surface area contributed by atoms with Crippen LogP contribution >= 0.6 is 0 Å². The number of Topliss-reactive ketones (excluding diaryl/α,β-unsaturated/α-hetero) is 1. The van der Waals surface area contributed by atoms with Crippen molar-refractivity contribution in [3.63, 3.8) is 0 Å². The molecule has 0 aliphatic carbocycles. The Morgan fingerprint density at radius 1 is 1.12 bits per heavy atom. The third-order valence-corrected chi connectivity index (χ3v) is 4.26. The van der Waals surface area contributed by atoms with Crippen molar-refractivity contribution in [1.82, 2.24) is 10.2 Å². The van der Waals surface area contributed by atoms with Crippen molar-refractivity contribution in [3.05, 3.63) is 71.3 Å². The van der Waals surface area contributed by atoms with Gasteiger partial charge >= 0.3 is 6.03 Å². The van der Waals surface area contributed by atoms with Crippen LogP contribution in [0.4, 0.5) is 4.79 Å². The minimum Gasteiger partial charge on any atom is -0.319 e. The molecule has 0 bridgehead atoms. The van der Waals surface area contributed by atoms with Crippen LogP contribution in [0, 0.1) is 11.3 Å². The topological polar surface area (TPSA) is 90.3 Å². The molecule has 1 atom stereocenters. The molecule has 0 spiro atoms. The molecule has 2 aromatic rings. The third kappa shape index (κ3) is 2.88. The number of urea groups is 1. The maximum atomic E-state index is 12.8. The molecular formula is C19H15N3O3. The number of nitriles is 1. The van der Waals surface area contributed by atoms with Crippen LogP contribution in [0.2, 0.25) is 0 Å². The Hall–Kier alpha value is -3.46. The number of imide groups is 1. The Balaban J connectivity index is 1.84. The minimum absolute atomic E-state index is 0.312. The fourth-order valence-corrected chi connectivity index (χ4v) is 2.77. The summed E-state index contributed by atoms with van der Waals surface area (Å²) in [7, 11) is 0. The Morgan fingerprint density at radius 3 is 2.36 bits per heavy atom. The number of ketones is 1. The van der Waals surface area contributed by atoms with Gasteiger partial charge < -0.3 is 5.32 Å². The fraction of sp³-hybridized carbons (Fsp3) is 0.158. The SMILES string of the molecule is C[C@@]1(c2ccc(C#N)cc2)NC(=O)N(CC(=O)c2ccccc2)C1=O. The summed E-state index contributed by atoms with van der Waals surface area (Å²) in [6, 6.07) is 16.3. The van der Waals surface area contributed by atoms with Gasteiger partial charge in [0.25, 0.3) is 5.91 Å². The van der Waals surface area contributed by atoms with Gasteiger partial charge in [-0.2, -0.15) is 5.26 Å². The maximum Gasteiger partial charge on any atom is 0.325 e. The molecule has 3 amide bonds. The lowest BCUT2D eigenvalue weighted by molar-refractivity contribution is -0.130. The van der Waals surface area contributed by atoms with Crippen LogP contribution in [0.25, 0.3) is 0 Å². The Bertz CT molecular complexity index is 884. The van der Waals surface area contributed by atoms with E-state index in [2.05, 4.69) is 5.32 Å². The van der Waals surface area contributed by atoms with Gasteiger partial charge in [-0.25, -0.2) is 4.79 Å². The molecule has 124 valence electrons. The predicted octanol–water partition coefficient (Wildman–Crippen LogP) is 2.21. The first-order valence-electron chi connectivity index (χ1n) is 7.69. The van der Waals surface area contributed by atoms with Crippen LogP contribution in [0.5, 0.6) is 0 Å². The van der Waals surface area contributed by atoms with Gasteiger partial charge in [0.15, 0.2) is 5.78 Å². The summed E-state index contributed by atoms with van der Waals surface area (Å²) in [5.74, 6) is -0.806. The van der Waals surface area contributed by atoms with Crippen LogP contribution in [-0.4, -0.2) is 29.2 Å². The number of hydrogen-bond acceptors (Lipinski definition) is 4. The number of hydrogen-bond donors (Lipinski definition) is 1. The second kappa shape index (κ2) is 6.21. The average molecular weight is 333 g/mol. The summed E-state index contributed by atoms with van der Waals surface area (Å²) in [6.07, 6.45) is 0. The van der Waals surface area contributed by atoms with E-state index in [1.807, 2.05) is 6.07 Å². The molecule has 1 aliphatic rings. The molecular weight excluding hydrogens is 318 g/mol. The molecule has 1 aliphatic heterocycles. The van der Waals surface area contributed by atoms with E-state index in [-0.39, 0.29) is 12.3 Å². The summed E-state index contributed by atoms with van der Waals surface area (Å²) >= 11 is 0. The minimum atomic E-state index is -1.26. The largest absolute Gasteiger partial charge is 0.325 e. The van der Waals surface area contributed by atoms with Gasteiger partial charge in [0.2, 0.25) is 0 Å². The standard InChI is InChI=1S/C19H15N3O3/c1-19(15-9-7-13(11-20)8-10-15)17(24)22(18(25)21-19)12-16(23)14-5-3-2-4-6-14/h2-10H,12H2,1H3,(H,21,25)/t19-/m0/s1. The molecule has 1 heterocycles. The molecule has 1 saturated heterocycles. The second-order valence-corrected chi connectivity index (χ2v) is 5.92. The quantitative estimate of drug-likeness (QED) is 0.686. The zero-order valence-electron chi connectivity index (χ0n) is 13.5. The van der Waals surface area contributed by atoms with Gasteiger partial charge in [0.1, 0.15) is 5.54 Å². The summed E-state index contributed by atoms with van der Waals surface area (Å²) in [6.45, 7) is 1.27. The maximum absolute atomic E-state index is 12.8. The zero-order valence-corrected chi connectivity index (χ0v) is 13.5. The summed E-state index contributed by atoms with van der Waals surface area (Å²) in [5.41, 5.74) is 0.192. The van der Waals surface area contributed by atoms with Crippen LogP contribution < -0.4 is 5.32 Å². The van der Waals surface area contributed by atoms with Gasteiger partial charge in [-0.1, -0.05) is 42.5 Å². The van der Waals surface area contributed by atoms with Gasteiger partial charge in [-0.3, -0.25) is 14.5 Å². The normalized spacial score (nSPS) is 19.4. The molecule has 1 fully saturated rings. The fourth-order valence-electron chi connectivity index (χ4n) is 2.77. The van der Waals surface area contributed by atoms with Crippen molar-refractivity contribution in [1.29, 1.82) is 5.26 Å². The van der Waals surface area contributed by atoms with E-state index in [4.69, 9.17) is 5.26 Å². The van der Waals surface area contributed by atoms with Crippen LogP contribution in [0.15, 0.2) is 54.6 Å². The highest BCUT2D eigenvalue weighted by molar-refractivity contribution is 6.11. The Morgan fingerprint density at radius 2 is 1.76 bits per heavy atom. The van der Waals surface area contributed by atoms with Crippen LogP contribution in [0.1, 0.15) is 28.4 Å². The zero-order chi connectivity index (χ0) is 18.0. The Labute approximate surface area is 144 Å². The number of benzene rings is 2. The van der Waals surface area contributed by atoms with E-state index in [0.29, 0.717) is 16.7 Å². The second-order valence-electron chi connectivity index (χ2n) is 5.92. The molecule has 0 saturated carbocycles. The van der Waals surface area contributed by atoms with E-state index in [1.165, 1.54) is 0 Å². The molecule has 6 heteroatoms. The number of carbonyl (C=O) groups excluding carboxylic acids is 3. The van der Waals surface area contributed by atoms with E-state index < -0.39 is 17.5 Å². The van der Waals surface area contributed by atoms with Crippen molar-refractivity contribution >= 4 is 17.7 Å². The lowest BCUT2D eigenvalue weighted by atomic mass is 9.91. The monoisotopic (exact) mass is 333 g/mol. The highest BCUT2D eigenvalue weighted by atomic mass is 16.2. The van der Waals surface area contributed by atoms with Crippen molar-refractivity contribution in [2.24, 2.45) is 0 Å². The van der Waals surface area contributed by atoms with Gasteiger partial charge in [-0.05, 0) is 24.6 Å². The van der Waals surface area contributed by atoms with Gasteiger partial charge in [0, 0.05) is 5.56 Å². The van der Waals surface area contributed by atoms with E-state index in [0.717, 1.165) is 4.90 Å². The van der Waals surface area contributed by atoms with Crippen molar-refractivity contribution in [2.75, 3.05) is 6.54 Å². The van der Waals surface area contributed by atoms with Crippen molar-refractivity contribution in [3.8, 4) is 6.07 Å². The van der Waals surface area contributed by atoms with E-state index in [9.17, 15) is 14.4 Å². The van der Waals surface area contributed by atoms with Crippen molar-refractivity contribution < 1.29 is 14.4 Å². The van der Waals surface area contributed by atoms with E-state index in [1.54, 1.807) is 61.5 Å². The summed E-state index contributed by atoms with van der Waals surface area (Å²) in [5, 5.41) is 11.5. The van der Waals surface area contributed by atoms with Gasteiger partial charge in [-0.15, -0.1) is 0 Å². The molecule has 25 heavy (non-hydrogen) atoms.